The first kappa shape index (κ1) is 34.3. The second kappa shape index (κ2) is 13.6. The van der Waals surface area contributed by atoms with Crippen molar-refractivity contribution >= 4 is 5.97 Å². The van der Waals surface area contributed by atoms with Gasteiger partial charge >= 0.3 is 5.97 Å². The molecular weight excluding hydrogens is 528 g/mol. The fraction of sp³-hybridized carbons (Fsp3) is 0.475. The second-order valence-electron chi connectivity index (χ2n) is 12.3. The number of rotatable bonds is 10. The van der Waals surface area contributed by atoms with E-state index in [0.29, 0.717) is 5.57 Å². The van der Waals surface area contributed by atoms with Crippen LogP contribution in [-0.4, -0.2) is 19.7 Å². The molecule has 0 atom stereocenters. The average molecular weight is 583 g/mol. The monoisotopic (exact) mass is 582 g/mol. The Labute approximate surface area is 261 Å². The maximum Gasteiger partial charge on any atom is 0.336 e. The first-order valence-corrected chi connectivity index (χ1v) is 15.9. The zero-order valence-electron chi connectivity index (χ0n) is 29.5. The molecule has 0 aliphatic heterocycles. The molecule has 0 bridgehead atoms. The highest BCUT2D eigenvalue weighted by Gasteiger charge is 2.26. The van der Waals surface area contributed by atoms with Gasteiger partial charge in [-0.15, -0.1) is 0 Å². The summed E-state index contributed by atoms with van der Waals surface area (Å²) in [6, 6.07) is 0. The van der Waals surface area contributed by atoms with Gasteiger partial charge in [0.05, 0.1) is 12.2 Å². The first-order valence-electron chi connectivity index (χ1n) is 15.9. The molecule has 0 aromatic heterocycles. The molecule has 3 aromatic rings. The zero-order chi connectivity index (χ0) is 32.5. The van der Waals surface area contributed by atoms with E-state index in [9.17, 15) is 4.79 Å². The van der Waals surface area contributed by atoms with Crippen molar-refractivity contribution in [2.24, 2.45) is 0 Å². The Balaban J connectivity index is 2.36. The molecule has 43 heavy (non-hydrogen) atoms. The van der Waals surface area contributed by atoms with Crippen molar-refractivity contribution in [3.05, 3.63) is 90.0 Å². The highest BCUT2D eigenvalue weighted by atomic mass is 16.5. The third-order valence-electron chi connectivity index (χ3n) is 10.3. The van der Waals surface area contributed by atoms with Gasteiger partial charge in [-0.1, -0.05) is 27.4 Å². The van der Waals surface area contributed by atoms with Gasteiger partial charge < -0.3 is 9.47 Å². The van der Waals surface area contributed by atoms with E-state index in [1.165, 1.54) is 94.6 Å². The lowest BCUT2D eigenvalue weighted by Gasteiger charge is -2.29. The van der Waals surface area contributed by atoms with Gasteiger partial charge in [-0.2, -0.15) is 0 Å². The molecule has 0 amide bonds. The van der Waals surface area contributed by atoms with Crippen molar-refractivity contribution in [3.63, 3.8) is 0 Å². The number of ether oxygens (including phenoxy) is 2. The number of hydrogen-bond acceptors (Lipinski definition) is 3. The topological polar surface area (TPSA) is 35.5 Å². The molecule has 0 unspecified atom stereocenters. The van der Waals surface area contributed by atoms with Crippen LogP contribution in [0.4, 0.5) is 0 Å². The molecule has 0 saturated heterocycles. The molecule has 3 heteroatoms. The number of esters is 1. The Hall–Kier alpha value is -3.17. The highest BCUT2D eigenvalue weighted by Crippen LogP contribution is 2.46. The summed E-state index contributed by atoms with van der Waals surface area (Å²) in [7, 11) is 1.56. The van der Waals surface area contributed by atoms with E-state index >= 15 is 0 Å². The van der Waals surface area contributed by atoms with Gasteiger partial charge in [0.15, 0.2) is 0 Å². The van der Waals surface area contributed by atoms with E-state index < -0.39 is 5.97 Å². The maximum atomic E-state index is 12.7. The van der Waals surface area contributed by atoms with Gasteiger partial charge in [0.1, 0.15) is 6.61 Å². The van der Waals surface area contributed by atoms with Crippen LogP contribution in [0.2, 0.25) is 0 Å². The van der Waals surface area contributed by atoms with E-state index in [4.69, 9.17) is 9.47 Å². The van der Waals surface area contributed by atoms with E-state index in [-0.39, 0.29) is 13.2 Å². The van der Waals surface area contributed by atoms with Crippen LogP contribution in [0.15, 0.2) is 12.2 Å². The standard InChI is InChI=1S/C40H54O3/c1-16-32-22(5)24(7)38(30(13)34(32)18-3)36-26(9)28(11)37(29(12)27(36)10)39-25(8)23(6)33(17-2)35(31(39)14)20-43-40(41)21(4)19-42-15/h4,16-20H2,1-3,5-15H3. The molecule has 0 heterocycles. The predicted molar refractivity (Wildman–Crippen MR) is 184 cm³/mol. The third kappa shape index (κ3) is 5.86. The quantitative estimate of drug-likeness (QED) is 0.176. The number of hydrogen-bond donors (Lipinski definition) is 0. The van der Waals surface area contributed by atoms with Crippen molar-refractivity contribution in [3.8, 4) is 22.3 Å². The summed E-state index contributed by atoms with van der Waals surface area (Å²) < 4.78 is 10.9. The van der Waals surface area contributed by atoms with Crippen LogP contribution in [0.3, 0.4) is 0 Å². The van der Waals surface area contributed by atoms with Crippen LogP contribution in [0, 0.1) is 69.2 Å². The molecule has 0 radical (unpaired) electrons. The minimum absolute atomic E-state index is 0.166. The number of benzene rings is 3. The fourth-order valence-corrected chi connectivity index (χ4v) is 7.51. The lowest BCUT2D eigenvalue weighted by molar-refractivity contribution is -0.140. The molecular formula is C40H54O3. The van der Waals surface area contributed by atoms with Gasteiger partial charge in [0.2, 0.25) is 0 Å². The summed E-state index contributed by atoms with van der Waals surface area (Å²) in [5, 5.41) is 0. The third-order valence-corrected chi connectivity index (χ3v) is 10.3. The van der Waals surface area contributed by atoms with Gasteiger partial charge in [-0.25, -0.2) is 4.79 Å². The molecule has 3 nitrogen and oxygen atoms in total. The van der Waals surface area contributed by atoms with Crippen LogP contribution in [0.1, 0.15) is 98.7 Å². The van der Waals surface area contributed by atoms with Gasteiger partial charge in [0.25, 0.3) is 0 Å². The Morgan fingerprint density at radius 1 is 0.512 bits per heavy atom. The van der Waals surface area contributed by atoms with Gasteiger partial charge in [-0.05, 0) is 189 Å². The summed E-state index contributed by atoms with van der Waals surface area (Å²) in [5.41, 5.74) is 24.4. The summed E-state index contributed by atoms with van der Waals surface area (Å²) in [5.74, 6) is -0.409. The SMILES string of the molecule is C=C(COC)C(=O)OCc1c(C)c(-c2c(C)c(C)c(-c3c(C)c(C)c(CC)c(CC)c3C)c(C)c2C)c(C)c(C)c1CC. The van der Waals surface area contributed by atoms with Crippen LogP contribution >= 0.6 is 0 Å². The smallest absolute Gasteiger partial charge is 0.336 e. The number of carbonyl (C=O) groups excluding carboxylic acids is 1. The Kier molecular flexibility index (Phi) is 10.9. The summed E-state index contributed by atoms with van der Waals surface area (Å²) in [6.45, 7) is 33.7. The van der Waals surface area contributed by atoms with Crippen LogP contribution in [-0.2, 0) is 40.1 Å². The van der Waals surface area contributed by atoms with Crippen molar-refractivity contribution in [2.45, 2.75) is 116 Å². The Morgan fingerprint density at radius 2 is 0.814 bits per heavy atom. The van der Waals surface area contributed by atoms with E-state index in [0.717, 1.165) is 24.8 Å². The lowest BCUT2D eigenvalue weighted by atomic mass is 9.76. The van der Waals surface area contributed by atoms with Crippen molar-refractivity contribution in [1.82, 2.24) is 0 Å². The van der Waals surface area contributed by atoms with E-state index in [1.54, 1.807) is 7.11 Å². The molecule has 3 rings (SSSR count). The minimum atomic E-state index is -0.409. The minimum Gasteiger partial charge on any atom is -0.457 e. The Bertz CT molecular complexity index is 1570. The van der Waals surface area contributed by atoms with Crippen molar-refractivity contribution < 1.29 is 14.3 Å². The number of carbonyl (C=O) groups is 1. The summed E-state index contributed by atoms with van der Waals surface area (Å²) >= 11 is 0. The van der Waals surface area contributed by atoms with E-state index in [2.05, 4.69) is 96.6 Å². The van der Waals surface area contributed by atoms with Crippen LogP contribution < -0.4 is 0 Å². The fourth-order valence-electron chi connectivity index (χ4n) is 7.51. The largest absolute Gasteiger partial charge is 0.457 e. The van der Waals surface area contributed by atoms with Gasteiger partial charge in [0, 0.05) is 7.11 Å². The molecule has 232 valence electrons. The molecule has 3 aromatic carbocycles. The zero-order valence-corrected chi connectivity index (χ0v) is 29.5. The molecule has 0 aliphatic carbocycles. The first-order chi connectivity index (χ1) is 20.2. The highest BCUT2D eigenvalue weighted by molar-refractivity contribution is 5.89. The normalized spacial score (nSPS) is 11.3. The second-order valence-corrected chi connectivity index (χ2v) is 12.3. The molecule has 0 aliphatic rings. The lowest BCUT2D eigenvalue weighted by Crippen LogP contribution is -2.14. The van der Waals surface area contributed by atoms with Crippen molar-refractivity contribution in [2.75, 3.05) is 13.7 Å². The number of methoxy groups -OCH3 is 1. The van der Waals surface area contributed by atoms with Gasteiger partial charge in [-0.3, -0.25) is 0 Å². The molecule has 0 saturated carbocycles. The molecule has 0 fully saturated rings. The summed E-state index contributed by atoms with van der Waals surface area (Å²) in [6.07, 6.45) is 2.99. The predicted octanol–water partition coefficient (Wildman–Crippen LogP) is 10.0. The maximum absolute atomic E-state index is 12.7. The molecule has 0 N–H and O–H groups in total. The van der Waals surface area contributed by atoms with E-state index in [1.807, 2.05) is 0 Å². The molecule has 0 spiro atoms. The van der Waals surface area contributed by atoms with Crippen LogP contribution in [0.5, 0.6) is 0 Å². The van der Waals surface area contributed by atoms with Crippen molar-refractivity contribution in [1.29, 1.82) is 0 Å². The average Bonchev–Trinajstić information content (AvgIpc) is 2.98. The Morgan fingerprint density at radius 3 is 1.19 bits per heavy atom. The van der Waals surface area contributed by atoms with Crippen LogP contribution in [0.25, 0.3) is 22.3 Å². The summed E-state index contributed by atoms with van der Waals surface area (Å²) in [4.78, 5) is 12.7.